The molecule has 1 aromatic rings. The first kappa shape index (κ1) is 19.9. The van der Waals surface area contributed by atoms with E-state index in [0.717, 1.165) is 29.5 Å². The zero-order chi connectivity index (χ0) is 20.3. The number of carbonyl (C=O) groups excluding carboxylic acids is 2. The standard InChI is InChI=1S/C22H29ClN2O3/c1-14-11-16(3)18(12-15(14)2)22(23)19(26)21(7-9-24(28-4)10-8-21)25(20(22)27)13-17-5-6-17/h11-12,17H,5-10,13H2,1-4H3. The third-order valence-corrected chi connectivity index (χ3v) is 7.49. The molecule has 0 aromatic heterocycles. The van der Waals surface area contributed by atoms with Gasteiger partial charge in [-0.2, -0.15) is 5.06 Å². The normalized spacial score (nSPS) is 27.8. The number of nitrogens with zero attached hydrogens (tertiary/aromatic N) is 2. The van der Waals surface area contributed by atoms with Crippen LogP contribution in [0.3, 0.4) is 0 Å². The van der Waals surface area contributed by atoms with Crippen LogP contribution in [0, 0.1) is 26.7 Å². The number of alkyl halides is 1. The molecule has 1 atom stereocenters. The number of Topliss-reactive ketones (excluding diaryl/α,β-unsaturated/α-hetero) is 1. The highest BCUT2D eigenvalue weighted by Crippen LogP contribution is 2.51. The van der Waals surface area contributed by atoms with Gasteiger partial charge in [-0.3, -0.25) is 9.59 Å². The number of carbonyl (C=O) groups is 2. The predicted octanol–water partition coefficient (Wildman–Crippen LogP) is 3.26. The van der Waals surface area contributed by atoms with Gasteiger partial charge in [-0.15, -0.1) is 0 Å². The molecule has 1 saturated carbocycles. The van der Waals surface area contributed by atoms with Crippen molar-refractivity contribution in [1.82, 2.24) is 9.96 Å². The molecule has 28 heavy (non-hydrogen) atoms. The maximum absolute atomic E-state index is 13.9. The highest BCUT2D eigenvalue weighted by molar-refractivity contribution is 6.49. The van der Waals surface area contributed by atoms with Gasteiger partial charge in [0.2, 0.25) is 4.87 Å². The van der Waals surface area contributed by atoms with Crippen LogP contribution >= 0.6 is 11.6 Å². The van der Waals surface area contributed by atoms with Gasteiger partial charge in [-0.05, 0) is 74.6 Å². The van der Waals surface area contributed by atoms with Gasteiger partial charge < -0.3 is 9.74 Å². The van der Waals surface area contributed by atoms with Crippen molar-refractivity contribution in [1.29, 1.82) is 0 Å². The number of hydrogen-bond donors (Lipinski definition) is 0. The Kier molecular flexibility index (Phi) is 4.84. The smallest absolute Gasteiger partial charge is 0.256 e. The van der Waals surface area contributed by atoms with E-state index in [1.807, 2.05) is 42.9 Å². The van der Waals surface area contributed by atoms with Gasteiger partial charge in [0.25, 0.3) is 5.91 Å². The summed E-state index contributed by atoms with van der Waals surface area (Å²) in [6, 6.07) is 3.96. The minimum Gasteiger partial charge on any atom is -0.327 e. The first-order valence-corrected chi connectivity index (χ1v) is 10.5. The number of likely N-dealkylation sites (tertiary alicyclic amines) is 1. The average molecular weight is 405 g/mol. The molecule has 1 aromatic carbocycles. The van der Waals surface area contributed by atoms with Gasteiger partial charge in [-0.25, -0.2) is 0 Å². The van der Waals surface area contributed by atoms with E-state index >= 15 is 0 Å². The molecule has 1 amide bonds. The van der Waals surface area contributed by atoms with E-state index in [1.165, 1.54) is 0 Å². The van der Waals surface area contributed by atoms with Crippen LogP contribution in [0.15, 0.2) is 12.1 Å². The quantitative estimate of drug-likeness (QED) is 0.571. The molecule has 0 radical (unpaired) electrons. The number of piperidine rings is 1. The molecule has 3 aliphatic rings. The Morgan fingerprint density at radius 3 is 2.25 bits per heavy atom. The lowest BCUT2D eigenvalue weighted by Crippen LogP contribution is -2.56. The maximum atomic E-state index is 13.9. The topological polar surface area (TPSA) is 49.9 Å². The molecular weight excluding hydrogens is 376 g/mol. The predicted molar refractivity (Wildman–Crippen MR) is 108 cm³/mol. The second kappa shape index (κ2) is 6.82. The molecule has 1 unspecified atom stereocenters. The number of halogens is 1. The molecule has 4 rings (SSSR count). The third-order valence-electron chi connectivity index (χ3n) is 6.95. The lowest BCUT2D eigenvalue weighted by atomic mass is 9.78. The van der Waals surface area contributed by atoms with Gasteiger partial charge in [0.05, 0.1) is 7.11 Å². The summed E-state index contributed by atoms with van der Waals surface area (Å²) in [5, 5.41) is 1.85. The average Bonchev–Trinajstić information content (AvgIpc) is 3.49. The van der Waals surface area contributed by atoms with Crippen LogP contribution in [0.2, 0.25) is 0 Å². The minimum atomic E-state index is -1.62. The number of ketones is 1. The van der Waals surface area contributed by atoms with Crippen LogP contribution in [0.4, 0.5) is 0 Å². The molecule has 1 spiro atoms. The lowest BCUT2D eigenvalue weighted by molar-refractivity contribution is -0.167. The highest BCUT2D eigenvalue weighted by atomic mass is 35.5. The molecule has 3 fully saturated rings. The summed E-state index contributed by atoms with van der Waals surface area (Å²) in [6.45, 7) is 7.85. The molecule has 0 N–H and O–H groups in total. The summed E-state index contributed by atoms with van der Waals surface area (Å²) in [6.07, 6.45) is 3.37. The molecule has 2 aliphatic heterocycles. The Labute approximate surface area is 171 Å². The van der Waals surface area contributed by atoms with Crippen LogP contribution in [0.25, 0.3) is 0 Å². The second-order valence-electron chi connectivity index (χ2n) is 8.74. The largest absolute Gasteiger partial charge is 0.327 e. The van der Waals surface area contributed by atoms with Crippen LogP contribution in [0.1, 0.15) is 47.9 Å². The molecule has 2 heterocycles. The van der Waals surface area contributed by atoms with Gasteiger partial charge in [-0.1, -0.05) is 23.7 Å². The Morgan fingerprint density at radius 1 is 1.07 bits per heavy atom. The van der Waals surface area contributed by atoms with Gasteiger partial charge in [0.15, 0.2) is 5.78 Å². The number of hydrogen-bond acceptors (Lipinski definition) is 4. The summed E-state index contributed by atoms with van der Waals surface area (Å²) in [5.41, 5.74) is 2.92. The van der Waals surface area contributed by atoms with E-state index < -0.39 is 10.4 Å². The Morgan fingerprint density at radius 2 is 1.68 bits per heavy atom. The fourth-order valence-corrected chi connectivity index (χ4v) is 5.32. The van der Waals surface area contributed by atoms with Crippen molar-refractivity contribution in [3.8, 4) is 0 Å². The van der Waals surface area contributed by atoms with Crippen molar-refractivity contribution in [3.05, 3.63) is 34.4 Å². The van der Waals surface area contributed by atoms with Crippen molar-refractivity contribution in [2.75, 3.05) is 26.7 Å². The van der Waals surface area contributed by atoms with E-state index in [-0.39, 0.29) is 11.7 Å². The van der Waals surface area contributed by atoms with Crippen LogP contribution in [-0.4, -0.2) is 53.9 Å². The SMILES string of the molecule is CON1CCC2(CC1)C(=O)C(Cl)(c1cc(C)c(C)cc1C)C(=O)N2CC1CC1. The molecule has 1 aliphatic carbocycles. The third kappa shape index (κ3) is 2.82. The van der Waals surface area contributed by atoms with Crippen molar-refractivity contribution >= 4 is 23.3 Å². The van der Waals surface area contributed by atoms with Crippen LogP contribution < -0.4 is 0 Å². The Balaban J connectivity index is 1.80. The lowest BCUT2D eigenvalue weighted by Gasteiger charge is -2.42. The summed E-state index contributed by atoms with van der Waals surface area (Å²) < 4.78 is 0. The Hall–Kier alpha value is -1.43. The second-order valence-corrected chi connectivity index (χ2v) is 9.31. The minimum absolute atomic E-state index is 0.144. The van der Waals surface area contributed by atoms with Crippen LogP contribution in [-0.2, 0) is 19.3 Å². The molecule has 5 nitrogen and oxygen atoms in total. The van der Waals surface area contributed by atoms with Crippen molar-refractivity contribution in [2.24, 2.45) is 5.92 Å². The molecule has 0 bridgehead atoms. The van der Waals surface area contributed by atoms with Gasteiger partial charge >= 0.3 is 0 Å². The Bertz CT molecular complexity index is 827. The molecule has 2 saturated heterocycles. The van der Waals surface area contributed by atoms with E-state index in [2.05, 4.69) is 0 Å². The fourth-order valence-electron chi connectivity index (χ4n) is 4.84. The molecular formula is C22H29ClN2O3. The van der Waals surface area contributed by atoms with Gasteiger partial charge in [0, 0.05) is 19.6 Å². The fraction of sp³-hybridized carbons (Fsp3) is 0.636. The van der Waals surface area contributed by atoms with E-state index in [1.54, 1.807) is 7.11 Å². The summed E-state index contributed by atoms with van der Waals surface area (Å²) in [5.74, 6) is 0.117. The number of rotatable bonds is 4. The molecule has 6 heteroatoms. The van der Waals surface area contributed by atoms with Crippen LogP contribution in [0.5, 0.6) is 0 Å². The summed E-state index contributed by atoms with van der Waals surface area (Å²) in [4.78, 5) is 33.2. The van der Waals surface area contributed by atoms with Crippen molar-refractivity contribution < 1.29 is 14.4 Å². The zero-order valence-electron chi connectivity index (χ0n) is 17.2. The van der Waals surface area contributed by atoms with E-state index in [0.29, 0.717) is 44.0 Å². The highest BCUT2D eigenvalue weighted by Gasteiger charge is 2.67. The van der Waals surface area contributed by atoms with Crippen molar-refractivity contribution in [2.45, 2.75) is 56.9 Å². The maximum Gasteiger partial charge on any atom is 0.256 e. The molecule has 152 valence electrons. The monoisotopic (exact) mass is 404 g/mol. The number of benzene rings is 1. The van der Waals surface area contributed by atoms with E-state index in [9.17, 15) is 9.59 Å². The van der Waals surface area contributed by atoms with Crippen molar-refractivity contribution in [3.63, 3.8) is 0 Å². The summed E-state index contributed by atoms with van der Waals surface area (Å²) >= 11 is 7.03. The zero-order valence-corrected chi connectivity index (χ0v) is 17.9. The van der Waals surface area contributed by atoms with Gasteiger partial charge in [0.1, 0.15) is 5.54 Å². The van der Waals surface area contributed by atoms with E-state index in [4.69, 9.17) is 16.4 Å². The number of amides is 1. The first-order chi connectivity index (χ1) is 13.2. The number of aryl methyl sites for hydroxylation is 3. The number of hydroxylamine groups is 2. The first-order valence-electron chi connectivity index (χ1n) is 10.2. The summed E-state index contributed by atoms with van der Waals surface area (Å²) in [7, 11) is 1.64.